The maximum absolute atomic E-state index is 11.6. The highest BCUT2D eigenvalue weighted by Gasteiger charge is 2.18. The minimum atomic E-state index is -0.373. The summed E-state index contributed by atoms with van der Waals surface area (Å²) >= 11 is 3.40. The third kappa shape index (κ3) is 1.61. The van der Waals surface area contributed by atoms with Crippen LogP contribution >= 0.6 is 15.9 Å². The highest BCUT2D eigenvalue weighted by atomic mass is 79.9. The second kappa shape index (κ2) is 3.90. The lowest BCUT2D eigenvalue weighted by molar-refractivity contribution is 0.0592. The first-order chi connectivity index (χ1) is 7.54. The molecule has 16 heavy (non-hydrogen) atoms. The van der Waals surface area contributed by atoms with E-state index in [9.17, 15) is 4.79 Å². The molecule has 2 rings (SSSR count). The summed E-state index contributed by atoms with van der Waals surface area (Å²) in [4.78, 5) is 16.0. The van der Waals surface area contributed by atoms with E-state index in [0.29, 0.717) is 11.4 Å². The number of halogens is 1. The molecule has 0 N–H and O–H groups in total. The van der Waals surface area contributed by atoms with Crippen LogP contribution in [0.2, 0.25) is 0 Å². The van der Waals surface area contributed by atoms with Crippen LogP contribution in [0.3, 0.4) is 0 Å². The predicted octanol–water partition coefficient (Wildman–Crippen LogP) is 2.50. The molecule has 2 aromatic heterocycles. The Kier molecular flexibility index (Phi) is 2.71. The Morgan fingerprint density at radius 1 is 1.50 bits per heavy atom. The van der Waals surface area contributed by atoms with Gasteiger partial charge in [-0.15, -0.1) is 0 Å². The fraction of sp³-hybridized carbons (Fsp3) is 0.273. The molecule has 0 saturated carbocycles. The Labute approximate surface area is 101 Å². The lowest BCUT2D eigenvalue weighted by Crippen LogP contribution is -2.07. The third-order valence-electron chi connectivity index (χ3n) is 2.42. The van der Waals surface area contributed by atoms with Crippen LogP contribution in [0, 0.1) is 13.8 Å². The summed E-state index contributed by atoms with van der Waals surface area (Å²) in [6.45, 7) is 3.75. The van der Waals surface area contributed by atoms with Gasteiger partial charge in [-0.25, -0.2) is 9.78 Å². The van der Waals surface area contributed by atoms with Gasteiger partial charge in [0.25, 0.3) is 0 Å². The number of fused-ring (bicyclic) bond motifs is 1. The van der Waals surface area contributed by atoms with Gasteiger partial charge >= 0.3 is 5.97 Å². The number of aromatic nitrogens is 2. The SMILES string of the molecule is COC(=O)c1c(C)nc2c(C)cc(Br)cn12. The number of pyridine rings is 1. The number of hydrogen-bond donors (Lipinski definition) is 0. The van der Waals surface area contributed by atoms with E-state index in [0.717, 1.165) is 15.7 Å². The van der Waals surface area contributed by atoms with Gasteiger partial charge in [0.2, 0.25) is 0 Å². The molecule has 84 valence electrons. The van der Waals surface area contributed by atoms with Gasteiger partial charge in [-0.05, 0) is 41.4 Å². The van der Waals surface area contributed by atoms with Crippen LogP contribution in [-0.2, 0) is 4.74 Å². The van der Waals surface area contributed by atoms with Crippen LogP contribution in [0.1, 0.15) is 21.7 Å². The van der Waals surface area contributed by atoms with Gasteiger partial charge in [-0.3, -0.25) is 4.40 Å². The maximum Gasteiger partial charge on any atom is 0.356 e. The van der Waals surface area contributed by atoms with Crippen LogP contribution in [-0.4, -0.2) is 22.5 Å². The number of hydrogen-bond acceptors (Lipinski definition) is 3. The van der Waals surface area contributed by atoms with Crippen molar-refractivity contribution in [1.29, 1.82) is 0 Å². The molecular formula is C11H11BrN2O2. The topological polar surface area (TPSA) is 43.6 Å². The zero-order valence-corrected chi connectivity index (χ0v) is 10.8. The van der Waals surface area contributed by atoms with Crippen LogP contribution in [0.25, 0.3) is 5.65 Å². The number of nitrogens with zero attached hydrogens (tertiary/aromatic N) is 2. The largest absolute Gasteiger partial charge is 0.464 e. The van der Waals surface area contributed by atoms with Crippen molar-refractivity contribution in [1.82, 2.24) is 9.38 Å². The molecule has 0 aliphatic rings. The number of carbonyl (C=O) groups excluding carboxylic acids is 1. The molecule has 0 spiro atoms. The summed E-state index contributed by atoms with van der Waals surface area (Å²) in [5, 5.41) is 0. The lowest BCUT2D eigenvalue weighted by Gasteiger charge is -2.03. The molecule has 0 amide bonds. The fourth-order valence-electron chi connectivity index (χ4n) is 1.72. The van der Waals surface area contributed by atoms with Gasteiger partial charge < -0.3 is 4.74 Å². The summed E-state index contributed by atoms with van der Waals surface area (Å²) in [7, 11) is 1.37. The molecule has 2 aromatic rings. The van der Waals surface area contributed by atoms with Crippen molar-refractivity contribution in [3.63, 3.8) is 0 Å². The molecule has 0 fully saturated rings. The van der Waals surface area contributed by atoms with Gasteiger partial charge in [0, 0.05) is 10.7 Å². The van der Waals surface area contributed by atoms with Crippen molar-refractivity contribution in [2.75, 3.05) is 7.11 Å². The highest BCUT2D eigenvalue weighted by molar-refractivity contribution is 9.10. The number of carbonyl (C=O) groups is 1. The second-order valence-corrected chi connectivity index (χ2v) is 4.49. The Balaban J connectivity index is 2.83. The molecule has 4 nitrogen and oxygen atoms in total. The number of rotatable bonds is 1. The van der Waals surface area contributed by atoms with Crippen LogP contribution in [0.5, 0.6) is 0 Å². The first-order valence-electron chi connectivity index (χ1n) is 4.77. The molecule has 0 aromatic carbocycles. The van der Waals surface area contributed by atoms with E-state index in [4.69, 9.17) is 4.74 Å². The average molecular weight is 283 g/mol. The first kappa shape index (κ1) is 11.1. The number of aryl methyl sites for hydroxylation is 2. The Morgan fingerprint density at radius 2 is 2.19 bits per heavy atom. The molecule has 0 bridgehead atoms. The summed E-state index contributed by atoms with van der Waals surface area (Å²) in [6.07, 6.45) is 1.81. The number of methoxy groups -OCH3 is 1. The molecule has 0 unspecified atom stereocenters. The van der Waals surface area contributed by atoms with Crippen molar-refractivity contribution < 1.29 is 9.53 Å². The van der Waals surface area contributed by atoms with E-state index < -0.39 is 0 Å². The van der Waals surface area contributed by atoms with Gasteiger partial charge in [0.05, 0.1) is 12.8 Å². The minimum Gasteiger partial charge on any atom is -0.464 e. The summed E-state index contributed by atoms with van der Waals surface area (Å²) in [5.41, 5.74) is 2.93. The van der Waals surface area contributed by atoms with Gasteiger partial charge in [0.1, 0.15) is 5.65 Å². The Hall–Kier alpha value is -1.36. The molecule has 5 heteroatoms. The van der Waals surface area contributed by atoms with Crippen LogP contribution in [0.4, 0.5) is 0 Å². The summed E-state index contributed by atoms with van der Waals surface area (Å²) in [5.74, 6) is -0.373. The molecular weight excluding hydrogens is 272 g/mol. The number of ether oxygens (including phenoxy) is 1. The summed E-state index contributed by atoms with van der Waals surface area (Å²) in [6, 6.07) is 1.96. The highest BCUT2D eigenvalue weighted by Crippen LogP contribution is 2.20. The van der Waals surface area contributed by atoms with Crippen molar-refractivity contribution in [2.45, 2.75) is 13.8 Å². The zero-order chi connectivity index (χ0) is 11.9. The molecule has 0 aliphatic carbocycles. The van der Waals surface area contributed by atoms with Crippen LogP contribution < -0.4 is 0 Å². The van der Waals surface area contributed by atoms with Crippen molar-refractivity contribution >= 4 is 27.5 Å². The average Bonchev–Trinajstić information content (AvgIpc) is 2.54. The predicted molar refractivity (Wildman–Crippen MR) is 63.7 cm³/mol. The van der Waals surface area contributed by atoms with Gasteiger partial charge in [0.15, 0.2) is 5.69 Å². The van der Waals surface area contributed by atoms with E-state index in [1.54, 1.807) is 11.3 Å². The molecule has 0 saturated heterocycles. The number of imidazole rings is 1. The number of esters is 1. The molecule has 0 aliphatic heterocycles. The van der Waals surface area contributed by atoms with Gasteiger partial charge in [-0.1, -0.05) is 0 Å². The van der Waals surface area contributed by atoms with E-state index in [1.165, 1.54) is 7.11 Å². The van der Waals surface area contributed by atoms with E-state index >= 15 is 0 Å². The molecule has 2 heterocycles. The van der Waals surface area contributed by atoms with Crippen molar-refractivity contribution in [3.05, 3.63) is 33.7 Å². The smallest absolute Gasteiger partial charge is 0.356 e. The second-order valence-electron chi connectivity index (χ2n) is 3.57. The Bertz CT molecular complexity index is 575. The summed E-state index contributed by atoms with van der Waals surface area (Å²) < 4.78 is 7.40. The first-order valence-corrected chi connectivity index (χ1v) is 5.57. The van der Waals surface area contributed by atoms with Crippen LogP contribution in [0.15, 0.2) is 16.7 Å². The van der Waals surface area contributed by atoms with Crippen molar-refractivity contribution in [3.8, 4) is 0 Å². The quantitative estimate of drug-likeness (QED) is 0.755. The maximum atomic E-state index is 11.6. The molecule has 0 radical (unpaired) electrons. The lowest BCUT2D eigenvalue weighted by atomic mass is 10.3. The monoisotopic (exact) mass is 282 g/mol. The molecule has 0 atom stereocenters. The van der Waals surface area contributed by atoms with Gasteiger partial charge in [-0.2, -0.15) is 0 Å². The Morgan fingerprint density at radius 3 is 2.81 bits per heavy atom. The zero-order valence-electron chi connectivity index (χ0n) is 9.24. The third-order valence-corrected chi connectivity index (χ3v) is 2.86. The van der Waals surface area contributed by atoms with E-state index in [-0.39, 0.29) is 5.97 Å². The van der Waals surface area contributed by atoms with Crippen molar-refractivity contribution in [2.24, 2.45) is 0 Å². The van der Waals surface area contributed by atoms with E-state index in [1.807, 2.05) is 19.2 Å². The fourth-order valence-corrected chi connectivity index (χ4v) is 2.27. The van der Waals surface area contributed by atoms with E-state index in [2.05, 4.69) is 20.9 Å². The normalized spacial score (nSPS) is 10.8. The standard InChI is InChI=1S/C11H11BrN2O2/c1-6-4-8(12)5-14-9(11(15)16-3)7(2)13-10(6)14/h4-5H,1-3H3. The minimum absolute atomic E-state index is 0.373.